The maximum Gasteiger partial charge on any atom is 0.269 e. The van der Waals surface area contributed by atoms with Gasteiger partial charge in [-0.3, -0.25) is 10.1 Å². The highest BCUT2D eigenvalue weighted by molar-refractivity contribution is 5.40. The van der Waals surface area contributed by atoms with Gasteiger partial charge in [-0.2, -0.15) is 0 Å². The molecule has 0 unspecified atom stereocenters. The first kappa shape index (κ1) is 6.10. The molecule has 0 bridgehead atoms. The summed E-state index contributed by atoms with van der Waals surface area (Å²) in [7, 11) is 0. The van der Waals surface area contributed by atoms with Gasteiger partial charge in [-0.15, -0.1) is 0 Å². The van der Waals surface area contributed by atoms with Gasteiger partial charge < -0.3 is 5.32 Å². The third-order valence-electron chi connectivity index (χ3n) is 2.05. The van der Waals surface area contributed by atoms with E-state index in [9.17, 15) is 10.1 Å². The average molecular weight is 180 g/mol. The van der Waals surface area contributed by atoms with Crippen LogP contribution < -0.4 is 5.32 Å². The van der Waals surface area contributed by atoms with E-state index in [1.165, 1.54) is 12.1 Å². The number of non-ortho nitro benzene ring substituents is 1. The van der Waals surface area contributed by atoms with Crippen LogP contribution in [0.3, 0.4) is 0 Å². The number of benzene rings is 1. The summed E-state index contributed by atoms with van der Waals surface area (Å²) < 4.78 is 15.4. The van der Waals surface area contributed by atoms with Gasteiger partial charge in [0.25, 0.3) is 5.69 Å². The lowest BCUT2D eigenvalue weighted by atomic mass is 10.0. The summed E-state index contributed by atoms with van der Waals surface area (Å²) >= 11 is 0. The lowest BCUT2D eigenvalue weighted by Gasteiger charge is -2.15. The molecule has 0 fully saturated rings. The topological polar surface area (TPSA) is 55.2 Å². The Balaban J connectivity index is 2.53. The monoisotopic (exact) mass is 180 g/mol. The Bertz CT molecular complexity index is 421. The van der Waals surface area contributed by atoms with Crippen molar-refractivity contribution in [3.63, 3.8) is 0 Å². The van der Waals surface area contributed by atoms with E-state index in [1.54, 1.807) is 6.07 Å². The molecular formula is C9H10N2O2. The van der Waals surface area contributed by atoms with E-state index in [4.69, 9.17) is 2.74 Å². The fourth-order valence-electron chi connectivity index (χ4n) is 1.37. The van der Waals surface area contributed by atoms with Gasteiger partial charge in [-0.1, -0.05) is 6.07 Å². The lowest BCUT2D eigenvalue weighted by molar-refractivity contribution is -0.384. The largest absolute Gasteiger partial charge is 0.312 e. The van der Waals surface area contributed by atoms with Crippen LogP contribution in [0.1, 0.15) is 13.9 Å². The van der Waals surface area contributed by atoms with Crippen LogP contribution in [-0.4, -0.2) is 11.5 Å². The first-order chi connectivity index (χ1) is 7.00. The first-order valence-corrected chi connectivity index (χ1v) is 4.03. The molecule has 0 saturated heterocycles. The predicted molar refractivity (Wildman–Crippen MR) is 48.5 cm³/mol. The van der Waals surface area contributed by atoms with E-state index in [-0.39, 0.29) is 5.69 Å². The molecule has 1 aromatic carbocycles. The van der Waals surface area contributed by atoms with Crippen molar-refractivity contribution in [1.29, 1.82) is 0 Å². The minimum Gasteiger partial charge on any atom is -0.312 e. The molecule has 0 radical (unpaired) electrons. The van der Waals surface area contributed by atoms with Gasteiger partial charge >= 0.3 is 0 Å². The fraction of sp³-hybridized carbons (Fsp3) is 0.333. The minimum absolute atomic E-state index is 0.0682. The van der Waals surface area contributed by atoms with E-state index >= 15 is 0 Å². The van der Waals surface area contributed by atoms with E-state index in [2.05, 4.69) is 5.32 Å². The number of nitro benzene ring substituents is 1. The van der Waals surface area contributed by atoms with Crippen molar-refractivity contribution >= 4 is 5.69 Å². The van der Waals surface area contributed by atoms with Gasteiger partial charge in [0.05, 0.1) is 4.92 Å². The zero-order valence-corrected chi connectivity index (χ0v) is 6.91. The molecule has 0 aromatic heterocycles. The number of fused-ring (bicyclic) bond motifs is 1. The molecule has 4 heteroatoms. The molecule has 0 aliphatic carbocycles. The highest BCUT2D eigenvalue weighted by atomic mass is 16.6. The SMILES string of the molecule is [2H]C1([2H])NCCc2ccc([N+](=O)[O-])cc21. The van der Waals surface area contributed by atoms with Crippen molar-refractivity contribution in [1.82, 2.24) is 5.32 Å². The van der Waals surface area contributed by atoms with Gasteiger partial charge in [0.15, 0.2) is 0 Å². The third kappa shape index (κ3) is 1.53. The Morgan fingerprint density at radius 2 is 2.38 bits per heavy atom. The molecular weight excluding hydrogens is 168 g/mol. The van der Waals surface area contributed by atoms with Crippen LogP contribution in [0.2, 0.25) is 0 Å². The second-order valence-electron chi connectivity index (χ2n) is 2.90. The molecule has 1 aromatic rings. The Hall–Kier alpha value is -1.42. The summed E-state index contributed by atoms with van der Waals surface area (Å²) in [4.78, 5) is 10.1. The van der Waals surface area contributed by atoms with E-state index < -0.39 is 11.4 Å². The first-order valence-electron chi connectivity index (χ1n) is 5.03. The summed E-state index contributed by atoms with van der Waals surface area (Å²) in [5, 5.41) is 13.3. The van der Waals surface area contributed by atoms with Crippen molar-refractivity contribution in [3.05, 3.63) is 39.4 Å². The highest BCUT2D eigenvalue weighted by Gasteiger charge is 2.12. The Labute approximate surface area is 78.5 Å². The molecule has 0 saturated carbocycles. The maximum atomic E-state index is 10.6. The minimum atomic E-state index is -1.67. The number of nitrogens with one attached hydrogen (secondary N) is 1. The van der Waals surface area contributed by atoms with Crippen LogP contribution in [0, 0.1) is 10.1 Å². The highest BCUT2D eigenvalue weighted by Crippen LogP contribution is 2.20. The normalized spacial score (nSPS) is 21.2. The number of nitro groups is 1. The molecule has 1 aliphatic rings. The Morgan fingerprint density at radius 1 is 1.54 bits per heavy atom. The molecule has 2 rings (SSSR count). The molecule has 0 atom stereocenters. The predicted octanol–water partition coefficient (Wildman–Crippen LogP) is 1.24. The molecule has 13 heavy (non-hydrogen) atoms. The van der Waals surface area contributed by atoms with Crippen LogP contribution in [0.5, 0.6) is 0 Å². The zero-order chi connectivity index (χ0) is 11.1. The molecule has 1 aliphatic heterocycles. The van der Waals surface area contributed by atoms with Crippen LogP contribution in [0.25, 0.3) is 0 Å². The molecule has 1 heterocycles. The average Bonchev–Trinajstić information content (AvgIpc) is 2.17. The maximum absolute atomic E-state index is 10.6. The lowest BCUT2D eigenvalue weighted by Crippen LogP contribution is -2.23. The summed E-state index contributed by atoms with van der Waals surface area (Å²) in [6.45, 7) is -1.11. The second-order valence-corrected chi connectivity index (χ2v) is 2.90. The molecule has 4 nitrogen and oxygen atoms in total. The molecule has 68 valence electrons. The van der Waals surface area contributed by atoms with Crippen LogP contribution in [0.15, 0.2) is 18.2 Å². The number of hydrogen-bond acceptors (Lipinski definition) is 3. The Kier molecular flexibility index (Phi) is 1.47. The van der Waals surface area contributed by atoms with Gasteiger partial charge in [0, 0.05) is 21.4 Å². The summed E-state index contributed by atoms with van der Waals surface area (Å²) in [6.07, 6.45) is 0.701. The van der Waals surface area contributed by atoms with Crippen molar-refractivity contribution in [2.45, 2.75) is 12.9 Å². The van der Waals surface area contributed by atoms with Gasteiger partial charge in [-0.05, 0) is 24.1 Å². The third-order valence-corrected chi connectivity index (χ3v) is 2.05. The fourth-order valence-corrected chi connectivity index (χ4v) is 1.37. The standard InChI is InChI=1S/C9H10N2O2/c12-11(13)9-2-1-7-3-4-10-6-8(7)5-9/h1-2,5,10H,3-4,6H2/i6D2. The zero-order valence-electron chi connectivity index (χ0n) is 8.91. The number of rotatable bonds is 1. The number of hydrogen-bond donors (Lipinski definition) is 1. The summed E-state index contributed by atoms with van der Waals surface area (Å²) in [5.41, 5.74) is 1.15. The van der Waals surface area contributed by atoms with Crippen molar-refractivity contribution in [2.24, 2.45) is 0 Å². The second kappa shape index (κ2) is 3.14. The van der Waals surface area contributed by atoms with Crippen LogP contribution in [0.4, 0.5) is 5.69 Å². The summed E-state index contributed by atoms with van der Waals surface area (Å²) in [6, 6.07) is 4.36. The van der Waals surface area contributed by atoms with Gasteiger partial charge in [-0.25, -0.2) is 0 Å². The van der Waals surface area contributed by atoms with Crippen molar-refractivity contribution < 1.29 is 7.66 Å². The van der Waals surface area contributed by atoms with Gasteiger partial charge in [0.1, 0.15) is 0 Å². The smallest absolute Gasteiger partial charge is 0.269 e. The van der Waals surface area contributed by atoms with Crippen LogP contribution in [-0.2, 0) is 12.9 Å². The van der Waals surface area contributed by atoms with E-state index in [1.807, 2.05) is 0 Å². The summed E-state index contributed by atoms with van der Waals surface area (Å²) in [5.74, 6) is 0. The molecule has 0 spiro atoms. The molecule has 1 N–H and O–H groups in total. The molecule has 0 amide bonds. The van der Waals surface area contributed by atoms with Gasteiger partial charge in [0.2, 0.25) is 0 Å². The Morgan fingerprint density at radius 3 is 3.15 bits per heavy atom. The van der Waals surface area contributed by atoms with E-state index in [0.29, 0.717) is 18.5 Å². The van der Waals surface area contributed by atoms with Crippen LogP contribution >= 0.6 is 0 Å². The quantitative estimate of drug-likeness (QED) is 0.522. The van der Waals surface area contributed by atoms with Crippen molar-refractivity contribution in [3.8, 4) is 0 Å². The number of nitrogens with zero attached hydrogens (tertiary/aromatic N) is 1. The van der Waals surface area contributed by atoms with Crippen molar-refractivity contribution in [2.75, 3.05) is 6.54 Å². The van der Waals surface area contributed by atoms with E-state index in [0.717, 1.165) is 5.56 Å².